The Hall–Kier alpha value is -2.86. The molecule has 0 saturated heterocycles. The van der Waals surface area contributed by atoms with Crippen LogP contribution in [0.25, 0.3) is 0 Å². The standard InChI is InChI=1S/C23H31N3O3/c1-15-12-16(2)19(21(27)13-15)14-20(24)23(29)26(17(3)22(25)28)11-7-10-18-8-5-4-6-9-18/h4-6,8-9,12-13,17,20,27H,7,10-11,14,24H2,1-3H3,(H2,25,28)/t17-,20?/m1/s1. The van der Waals surface area contributed by atoms with Gasteiger partial charge in [0.2, 0.25) is 11.8 Å². The molecule has 6 heteroatoms. The maximum absolute atomic E-state index is 13.0. The lowest BCUT2D eigenvalue weighted by Crippen LogP contribution is -2.53. The van der Waals surface area contributed by atoms with Gasteiger partial charge in [0, 0.05) is 13.0 Å². The molecule has 0 aliphatic carbocycles. The second-order valence-corrected chi connectivity index (χ2v) is 7.59. The molecular weight excluding hydrogens is 366 g/mol. The number of carbonyl (C=O) groups is 2. The first-order valence-corrected chi connectivity index (χ1v) is 9.89. The van der Waals surface area contributed by atoms with Crippen LogP contribution in [0.4, 0.5) is 0 Å². The lowest BCUT2D eigenvalue weighted by Gasteiger charge is -2.30. The summed E-state index contributed by atoms with van der Waals surface area (Å²) in [5.74, 6) is -0.785. The number of nitrogens with zero attached hydrogens (tertiary/aromatic N) is 1. The zero-order valence-electron chi connectivity index (χ0n) is 17.4. The fourth-order valence-electron chi connectivity index (χ4n) is 3.51. The normalized spacial score (nSPS) is 13.0. The van der Waals surface area contributed by atoms with Crippen LogP contribution in [0.5, 0.6) is 5.75 Å². The van der Waals surface area contributed by atoms with E-state index in [1.165, 1.54) is 4.90 Å². The van der Waals surface area contributed by atoms with Gasteiger partial charge in [-0.05, 0) is 61.9 Å². The van der Waals surface area contributed by atoms with Crippen molar-refractivity contribution in [1.29, 1.82) is 0 Å². The van der Waals surface area contributed by atoms with Gasteiger partial charge in [-0.1, -0.05) is 36.4 Å². The number of phenolic OH excluding ortho intramolecular Hbond substituents is 1. The minimum Gasteiger partial charge on any atom is -0.508 e. The van der Waals surface area contributed by atoms with E-state index in [4.69, 9.17) is 11.5 Å². The zero-order chi connectivity index (χ0) is 21.6. The third kappa shape index (κ3) is 6.06. The molecule has 2 aromatic carbocycles. The van der Waals surface area contributed by atoms with E-state index in [2.05, 4.69) is 0 Å². The molecule has 156 valence electrons. The van der Waals surface area contributed by atoms with Gasteiger partial charge in [0.25, 0.3) is 0 Å². The van der Waals surface area contributed by atoms with Gasteiger partial charge in [-0.2, -0.15) is 0 Å². The van der Waals surface area contributed by atoms with Crippen LogP contribution in [0.3, 0.4) is 0 Å². The number of primary amides is 1. The maximum Gasteiger partial charge on any atom is 0.240 e. The topological polar surface area (TPSA) is 110 Å². The second-order valence-electron chi connectivity index (χ2n) is 7.59. The predicted molar refractivity (Wildman–Crippen MR) is 114 cm³/mol. The maximum atomic E-state index is 13.0. The summed E-state index contributed by atoms with van der Waals surface area (Å²) in [6, 6.07) is 11.9. The van der Waals surface area contributed by atoms with E-state index in [1.54, 1.807) is 13.0 Å². The van der Waals surface area contributed by atoms with Gasteiger partial charge < -0.3 is 21.5 Å². The second kappa shape index (κ2) is 10.1. The highest BCUT2D eigenvalue weighted by molar-refractivity contribution is 5.89. The van der Waals surface area contributed by atoms with Crippen molar-refractivity contribution < 1.29 is 14.7 Å². The molecule has 0 aromatic heterocycles. The number of amides is 2. The van der Waals surface area contributed by atoms with Crippen LogP contribution in [0, 0.1) is 13.8 Å². The number of nitrogens with two attached hydrogens (primary N) is 2. The molecule has 2 amide bonds. The van der Waals surface area contributed by atoms with Crippen LogP contribution < -0.4 is 11.5 Å². The first-order chi connectivity index (χ1) is 13.7. The van der Waals surface area contributed by atoms with E-state index in [0.29, 0.717) is 18.5 Å². The highest BCUT2D eigenvalue weighted by Gasteiger charge is 2.28. The minimum atomic E-state index is -0.874. The van der Waals surface area contributed by atoms with E-state index < -0.39 is 18.0 Å². The number of phenols is 1. The van der Waals surface area contributed by atoms with Crippen molar-refractivity contribution in [2.24, 2.45) is 11.5 Å². The Morgan fingerprint density at radius 3 is 2.38 bits per heavy atom. The van der Waals surface area contributed by atoms with Crippen molar-refractivity contribution in [1.82, 2.24) is 4.90 Å². The average Bonchev–Trinajstić information content (AvgIpc) is 2.67. The Kier molecular flexibility index (Phi) is 7.79. The molecule has 29 heavy (non-hydrogen) atoms. The van der Waals surface area contributed by atoms with Gasteiger partial charge in [-0.25, -0.2) is 0 Å². The van der Waals surface area contributed by atoms with Crippen LogP contribution in [-0.4, -0.2) is 40.4 Å². The monoisotopic (exact) mass is 397 g/mol. The molecule has 1 unspecified atom stereocenters. The number of hydrogen-bond acceptors (Lipinski definition) is 4. The van der Waals surface area contributed by atoms with Crippen LogP contribution in [-0.2, 0) is 22.4 Å². The fraction of sp³-hybridized carbons (Fsp3) is 0.391. The Labute approximate surface area is 172 Å². The van der Waals surface area contributed by atoms with Crippen molar-refractivity contribution >= 4 is 11.8 Å². The lowest BCUT2D eigenvalue weighted by atomic mass is 9.97. The summed E-state index contributed by atoms with van der Waals surface area (Å²) in [4.78, 5) is 26.2. The van der Waals surface area contributed by atoms with Gasteiger partial charge >= 0.3 is 0 Å². The highest BCUT2D eigenvalue weighted by atomic mass is 16.3. The minimum absolute atomic E-state index is 0.129. The largest absolute Gasteiger partial charge is 0.508 e. The van der Waals surface area contributed by atoms with E-state index in [1.807, 2.05) is 50.2 Å². The molecule has 2 atom stereocenters. The molecule has 0 fully saturated rings. The van der Waals surface area contributed by atoms with Crippen molar-refractivity contribution in [3.63, 3.8) is 0 Å². The quantitative estimate of drug-likeness (QED) is 0.602. The van der Waals surface area contributed by atoms with Crippen LogP contribution in [0.15, 0.2) is 42.5 Å². The Balaban J connectivity index is 2.10. The summed E-state index contributed by atoms with van der Waals surface area (Å²) < 4.78 is 0. The van der Waals surface area contributed by atoms with Crippen molar-refractivity contribution in [2.45, 2.75) is 52.1 Å². The summed E-state index contributed by atoms with van der Waals surface area (Å²) in [5, 5.41) is 10.3. The number of aryl methyl sites for hydroxylation is 3. The third-order valence-corrected chi connectivity index (χ3v) is 5.20. The number of rotatable bonds is 9. The molecule has 0 aliphatic rings. The molecule has 0 bridgehead atoms. The number of benzene rings is 2. The molecule has 2 aromatic rings. The molecular formula is C23H31N3O3. The van der Waals surface area contributed by atoms with E-state index in [0.717, 1.165) is 23.1 Å². The zero-order valence-corrected chi connectivity index (χ0v) is 17.4. The highest BCUT2D eigenvalue weighted by Crippen LogP contribution is 2.24. The van der Waals surface area contributed by atoms with Gasteiger partial charge in [-0.15, -0.1) is 0 Å². The van der Waals surface area contributed by atoms with E-state index in [9.17, 15) is 14.7 Å². The summed E-state index contributed by atoms with van der Waals surface area (Å²) in [5.41, 5.74) is 15.3. The Bertz CT molecular complexity index is 829. The van der Waals surface area contributed by atoms with Gasteiger partial charge in [0.1, 0.15) is 11.8 Å². The molecule has 0 spiro atoms. The number of hydrogen-bond donors (Lipinski definition) is 3. The van der Waals surface area contributed by atoms with Gasteiger partial charge in [0.05, 0.1) is 6.04 Å². The number of carbonyl (C=O) groups excluding carboxylic acids is 2. The molecule has 0 saturated carbocycles. The van der Waals surface area contributed by atoms with Crippen molar-refractivity contribution in [2.75, 3.05) is 6.54 Å². The molecule has 5 N–H and O–H groups in total. The molecule has 6 nitrogen and oxygen atoms in total. The van der Waals surface area contributed by atoms with Gasteiger partial charge in [0.15, 0.2) is 0 Å². The van der Waals surface area contributed by atoms with Crippen LogP contribution in [0.2, 0.25) is 0 Å². The van der Waals surface area contributed by atoms with E-state index >= 15 is 0 Å². The number of aromatic hydroxyl groups is 1. The van der Waals surface area contributed by atoms with E-state index in [-0.39, 0.29) is 18.1 Å². The SMILES string of the molecule is Cc1cc(C)c(CC(N)C(=O)N(CCCc2ccccc2)[C@H](C)C(N)=O)c(O)c1. The molecule has 0 radical (unpaired) electrons. The first kappa shape index (κ1) is 22.4. The molecule has 0 aliphatic heterocycles. The Morgan fingerprint density at radius 2 is 1.79 bits per heavy atom. The molecule has 0 heterocycles. The summed E-state index contributed by atoms with van der Waals surface area (Å²) >= 11 is 0. The summed E-state index contributed by atoms with van der Waals surface area (Å²) in [6.45, 7) is 5.77. The first-order valence-electron chi connectivity index (χ1n) is 9.89. The van der Waals surface area contributed by atoms with Crippen molar-refractivity contribution in [3.05, 3.63) is 64.7 Å². The summed E-state index contributed by atoms with van der Waals surface area (Å²) in [6.07, 6.45) is 1.66. The Morgan fingerprint density at radius 1 is 1.14 bits per heavy atom. The van der Waals surface area contributed by atoms with Crippen LogP contribution in [0.1, 0.15) is 35.6 Å². The smallest absolute Gasteiger partial charge is 0.240 e. The van der Waals surface area contributed by atoms with Crippen LogP contribution >= 0.6 is 0 Å². The predicted octanol–water partition coefficient (Wildman–Crippen LogP) is 2.21. The fourth-order valence-corrected chi connectivity index (χ4v) is 3.51. The molecule has 2 rings (SSSR count). The van der Waals surface area contributed by atoms with Crippen molar-refractivity contribution in [3.8, 4) is 5.75 Å². The third-order valence-electron chi connectivity index (χ3n) is 5.20. The average molecular weight is 398 g/mol. The van der Waals surface area contributed by atoms with Gasteiger partial charge in [-0.3, -0.25) is 9.59 Å². The lowest BCUT2D eigenvalue weighted by molar-refractivity contribution is -0.139. The summed E-state index contributed by atoms with van der Waals surface area (Å²) in [7, 11) is 0.